The van der Waals surface area contributed by atoms with Gasteiger partial charge in [-0.15, -0.1) is 0 Å². The molecule has 0 spiro atoms. The maximum absolute atomic E-state index is 5.62. The minimum absolute atomic E-state index is 0.716. The van der Waals surface area contributed by atoms with Gasteiger partial charge in [0, 0.05) is 19.3 Å². The van der Waals surface area contributed by atoms with Gasteiger partial charge < -0.3 is 10.2 Å². The molecule has 0 amide bonds. The molecule has 128 valence electrons. The van der Waals surface area contributed by atoms with E-state index in [0.29, 0.717) is 5.11 Å². The number of fused-ring (bicyclic) bond motifs is 2. The van der Waals surface area contributed by atoms with Gasteiger partial charge in [-0.3, -0.25) is 0 Å². The van der Waals surface area contributed by atoms with Crippen LogP contribution in [0.15, 0.2) is 84.9 Å². The van der Waals surface area contributed by atoms with Gasteiger partial charge in [0.1, 0.15) is 0 Å². The van der Waals surface area contributed by atoms with Crippen LogP contribution in [-0.2, 0) is 6.54 Å². The highest BCUT2D eigenvalue weighted by Gasteiger charge is 2.08. The summed E-state index contributed by atoms with van der Waals surface area (Å²) < 4.78 is 0. The number of nitrogens with zero attached hydrogens (tertiary/aromatic N) is 1. The summed E-state index contributed by atoms with van der Waals surface area (Å²) in [5.41, 5.74) is 2.28. The zero-order valence-corrected chi connectivity index (χ0v) is 15.5. The molecule has 0 aliphatic heterocycles. The lowest BCUT2D eigenvalue weighted by molar-refractivity contribution is 0.511. The maximum Gasteiger partial charge on any atom is 0.173 e. The van der Waals surface area contributed by atoms with Crippen molar-refractivity contribution >= 4 is 44.6 Å². The molecular weight excluding hydrogens is 336 g/mol. The van der Waals surface area contributed by atoms with E-state index in [2.05, 4.69) is 95.1 Å². The van der Waals surface area contributed by atoms with Crippen LogP contribution in [-0.4, -0.2) is 17.1 Å². The monoisotopic (exact) mass is 356 g/mol. The zero-order valence-electron chi connectivity index (χ0n) is 14.6. The number of benzene rings is 4. The first-order valence-corrected chi connectivity index (χ1v) is 9.09. The van der Waals surface area contributed by atoms with Gasteiger partial charge in [-0.1, -0.05) is 72.8 Å². The highest BCUT2D eigenvalue weighted by atomic mass is 32.1. The van der Waals surface area contributed by atoms with E-state index in [0.717, 1.165) is 12.2 Å². The van der Waals surface area contributed by atoms with Crippen LogP contribution in [0.1, 0.15) is 5.56 Å². The van der Waals surface area contributed by atoms with Crippen molar-refractivity contribution in [2.24, 2.45) is 0 Å². The van der Waals surface area contributed by atoms with Gasteiger partial charge in [0.05, 0.1) is 0 Å². The van der Waals surface area contributed by atoms with E-state index in [-0.39, 0.29) is 0 Å². The van der Waals surface area contributed by atoms with Gasteiger partial charge in [0.15, 0.2) is 5.11 Å². The molecule has 0 aromatic heterocycles. The van der Waals surface area contributed by atoms with E-state index in [9.17, 15) is 0 Å². The summed E-state index contributed by atoms with van der Waals surface area (Å²) in [6, 6.07) is 29.5. The molecule has 0 heterocycles. The van der Waals surface area contributed by atoms with Crippen LogP contribution in [0.3, 0.4) is 0 Å². The molecule has 0 saturated carbocycles. The summed E-state index contributed by atoms with van der Waals surface area (Å²) in [4.78, 5) is 2.08. The SMILES string of the molecule is CN(Cc1cccc2ccccc12)C(=S)Nc1ccc2ccccc2c1. The summed E-state index contributed by atoms with van der Waals surface area (Å²) in [6.07, 6.45) is 0. The lowest BCUT2D eigenvalue weighted by Gasteiger charge is -2.22. The standard InChI is InChI=1S/C23H20N2S/c1-25(16-20-11-6-10-18-8-4-5-12-22(18)20)23(26)24-21-14-13-17-7-2-3-9-19(17)15-21/h2-15H,16H2,1H3,(H,24,26). The Morgan fingerprint density at radius 1 is 0.808 bits per heavy atom. The largest absolute Gasteiger partial charge is 0.348 e. The summed E-state index contributed by atoms with van der Waals surface area (Å²) in [6.45, 7) is 0.765. The van der Waals surface area contributed by atoms with Crippen molar-refractivity contribution in [1.29, 1.82) is 0 Å². The Morgan fingerprint density at radius 2 is 1.50 bits per heavy atom. The van der Waals surface area contributed by atoms with Crippen molar-refractivity contribution in [1.82, 2.24) is 4.90 Å². The van der Waals surface area contributed by atoms with Crippen molar-refractivity contribution in [3.05, 3.63) is 90.5 Å². The Balaban J connectivity index is 1.52. The fourth-order valence-corrected chi connectivity index (χ4v) is 3.43. The predicted molar refractivity (Wildman–Crippen MR) is 116 cm³/mol. The van der Waals surface area contributed by atoms with E-state index >= 15 is 0 Å². The molecule has 3 heteroatoms. The molecule has 0 aliphatic carbocycles. The Kier molecular flexibility index (Phi) is 4.55. The third-order valence-electron chi connectivity index (χ3n) is 4.63. The van der Waals surface area contributed by atoms with Crippen LogP contribution in [0, 0.1) is 0 Å². The van der Waals surface area contributed by atoms with Crippen LogP contribution < -0.4 is 5.32 Å². The second-order valence-corrected chi connectivity index (χ2v) is 6.87. The van der Waals surface area contributed by atoms with E-state index in [4.69, 9.17) is 12.2 Å². The van der Waals surface area contributed by atoms with Crippen LogP contribution in [0.5, 0.6) is 0 Å². The van der Waals surface area contributed by atoms with Gasteiger partial charge in [0.2, 0.25) is 0 Å². The van der Waals surface area contributed by atoms with Crippen LogP contribution in [0.2, 0.25) is 0 Å². The van der Waals surface area contributed by atoms with E-state index in [1.54, 1.807) is 0 Å². The summed E-state index contributed by atoms with van der Waals surface area (Å²) in [5.74, 6) is 0. The molecule has 2 nitrogen and oxygen atoms in total. The van der Waals surface area contributed by atoms with Crippen molar-refractivity contribution < 1.29 is 0 Å². The highest BCUT2D eigenvalue weighted by Crippen LogP contribution is 2.21. The summed E-state index contributed by atoms with van der Waals surface area (Å²) >= 11 is 5.62. The highest BCUT2D eigenvalue weighted by molar-refractivity contribution is 7.80. The molecule has 4 rings (SSSR count). The molecule has 0 radical (unpaired) electrons. The van der Waals surface area contributed by atoms with Crippen molar-refractivity contribution in [2.75, 3.05) is 12.4 Å². The number of thiocarbonyl (C=S) groups is 1. The second kappa shape index (κ2) is 7.14. The van der Waals surface area contributed by atoms with Gasteiger partial charge >= 0.3 is 0 Å². The van der Waals surface area contributed by atoms with Crippen LogP contribution >= 0.6 is 12.2 Å². The second-order valence-electron chi connectivity index (χ2n) is 6.49. The quantitative estimate of drug-likeness (QED) is 0.466. The van der Waals surface area contributed by atoms with Crippen molar-refractivity contribution in [3.63, 3.8) is 0 Å². The average molecular weight is 356 g/mol. The average Bonchev–Trinajstić information content (AvgIpc) is 2.68. The molecule has 0 bridgehead atoms. The minimum atomic E-state index is 0.716. The predicted octanol–water partition coefficient (Wildman–Crippen LogP) is 5.82. The Bertz CT molecular complexity index is 1080. The maximum atomic E-state index is 5.62. The molecule has 0 atom stereocenters. The normalized spacial score (nSPS) is 10.8. The van der Waals surface area contributed by atoms with Crippen LogP contribution in [0.4, 0.5) is 5.69 Å². The number of rotatable bonds is 3. The molecule has 0 saturated heterocycles. The molecule has 0 aliphatic rings. The lowest BCUT2D eigenvalue weighted by Crippen LogP contribution is -2.30. The lowest BCUT2D eigenvalue weighted by atomic mass is 10.0. The Labute approximate surface area is 159 Å². The fraction of sp³-hybridized carbons (Fsp3) is 0.0870. The van der Waals surface area contributed by atoms with Crippen LogP contribution in [0.25, 0.3) is 21.5 Å². The number of hydrogen-bond acceptors (Lipinski definition) is 1. The first kappa shape index (κ1) is 16.6. The minimum Gasteiger partial charge on any atom is -0.348 e. The zero-order chi connectivity index (χ0) is 17.9. The Morgan fingerprint density at radius 3 is 2.35 bits per heavy atom. The van der Waals surface area contributed by atoms with E-state index in [1.165, 1.54) is 27.1 Å². The van der Waals surface area contributed by atoms with E-state index in [1.807, 2.05) is 7.05 Å². The van der Waals surface area contributed by atoms with Gasteiger partial charge in [0.25, 0.3) is 0 Å². The third-order valence-corrected chi connectivity index (χ3v) is 5.05. The molecule has 4 aromatic rings. The topological polar surface area (TPSA) is 15.3 Å². The smallest absolute Gasteiger partial charge is 0.173 e. The number of nitrogens with one attached hydrogen (secondary N) is 1. The van der Waals surface area contributed by atoms with Gasteiger partial charge in [-0.2, -0.15) is 0 Å². The molecule has 0 unspecified atom stereocenters. The third kappa shape index (κ3) is 3.39. The number of anilines is 1. The molecule has 1 N–H and O–H groups in total. The van der Waals surface area contributed by atoms with Gasteiger partial charge in [-0.25, -0.2) is 0 Å². The fourth-order valence-electron chi connectivity index (χ4n) is 3.24. The summed E-state index contributed by atoms with van der Waals surface area (Å²) in [5, 5.41) is 9.04. The first-order chi connectivity index (χ1) is 12.7. The molecule has 26 heavy (non-hydrogen) atoms. The van der Waals surface area contributed by atoms with Crippen molar-refractivity contribution in [3.8, 4) is 0 Å². The molecule has 0 fully saturated rings. The summed E-state index contributed by atoms with van der Waals surface area (Å²) in [7, 11) is 2.03. The molecule has 4 aromatic carbocycles. The number of hydrogen-bond donors (Lipinski definition) is 1. The van der Waals surface area contributed by atoms with E-state index < -0.39 is 0 Å². The molecular formula is C23H20N2S. The van der Waals surface area contributed by atoms with Crippen molar-refractivity contribution in [2.45, 2.75) is 6.54 Å². The van der Waals surface area contributed by atoms with Gasteiger partial charge in [-0.05, 0) is 51.5 Å². The Hall–Kier alpha value is -2.91. The first-order valence-electron chi connectivity index (χ1n) is 8.68.